The quantitative estimate of drug-likeness (QED) is 0.861. The fourth-order valence-electron chi connectivity index (χ4n) is 3.96. The molecule has 1 saturated heterocycles. The molecule has 2 unspecified atom stereocenters. The average molecular weight is 283 g/mol. The van der Waals surface area contributed by atoms with Crippen LogP contribution in [-0.2, 0) is 6.54 Å². The minimum Gasteiger partial charge on any atom is -0.395 e. The molecular weight excluding hydrogens is 258 g/mol. The summed E-state index contributed by atoms with van der Waals surface area (Å²) in [5.74, 6) is 7.10. The van der Waals surface area contributed by atoms with Crippen molar-refractivity contribution in [3.8, 4) is 11.8 Å². The number of rotatable bonds is 3. The molecule has 2 aliphatic rings. The van der Waals surface area contributed by atoms with Crippen LogP contribution in [0.4, 0.5) is 0 Å². The van der Waals surface area contributed by atoms with Crippen LogP contribution in [0.25, 0.3) is 0 Å². The fourth-order valence-corrected chi connectivity index (χ4v) is 3.96. The van der Waals surface area contributed by atoms with Gasteiger partial charge in [0.1, 0.15) is 0 Å². The van der Waals surface area contributed by atoms with Gasteiger partial charge in [0.25, 0.3) is 0 Å². The standard InChI is InChI=1S/C19H25NO/c21-13-2-1-6-16-7-3-8-17(14-16)15-20-12-5-10-18-9-4-11-19(18)20/h3,7-8,14,18-19,21H,2,4-5,9-13,15H2. The molecule has 2 heteroatoms. The Morgan fingerprint density at radius 2 is 2.10 bits per heavy atom. The van der Waals surface area contributed by atoms with Gasteiger partial charge in [-0.3, -0.25) is 4.90 Å². The summed E-state index contributed by atoms with van der Waals surface area (Å²) in [6.07, 6.45) is 7.60. The summed E-state index contributed by atoms with van der Waals surface area (Å²) < 4.78 is 0. The Morgan fingerprint density at radius 1 is 1.19 bits per heavy atom. The lowest BCUT2D eigenvalue weighted by atomic mass is 9.91. The summed E-state index contributed by atoms with van der Waals surface area (Å²) in [5.41, 5.74) is 2.44. The van der Waals surface area contributed by atoms with Gasteiger partial charge in [0.2, 0.25) is 0 Å². The molecule has 0 amide bonds. The van der Waals surface area contributed by atoms with E-state index in [2.05, 4.69) is 41.0 Å². The lowest BCUT2D eigenvalue weighted by Gasteiger charge is -2.37. The predicted molar refractivity (Wildman–Crippen MR) is 85.8 cm³/mol. The van der Waals surface area contributed by atoms with E-state index >= 15 is 0 Å². The van der Waals surface area contributed by atoms with Crippen molar-refractivity contribution < 1.29 is 5.11 Å². The third-order valence-corrected chi connectivity index (χ3v) is 4.89. The lowest BCUT2D eigenvalue weighted by molar-refractivity contribution is 0.106. The zero-order valence-corrected chi connectivity index (χ0v) is 12.7. The van der Waals surface area contributed by atoms with Gasteiger partial charge in [0.05, 0.1) is 6.61 Å². The number of hydrogen-bond acceptors (Lipinski definition) is 2. The molecule has 2 fully saturated rings. The SMILES string of the molecule is OCCC#Cc1cccc(CN2CCCC3CCCC32)c1. The minimum absolute atomic E-state index is 0.142. The van der Waals surface area contributed by atoms with E-state index in [1.807, 2.05) is 0 Å². The highest BCUT2D eigenvalue weighted by atomic mass is 16.2. The maximum atomic E-state index is 8.79. The molecule has 0 radical (unpaired) electrons. The number of piperidine rings is 1. The zero-order valence-electron chi connectivity index (χ0n) is 12.7. The van der Waals surface area contributed by atoms with Gasteiger partial charge in [-0.1, -0.05) is 30.4 Å². The number of likely N-dealkylation sites (tertiary alicyclic amines) is 1. The first kappa shape index (κ1) is 14.6. The zero-order chi connectivity index (χ0) is 14.5. The van der Waals surface area contributed by atoms with Crippen molar-refractivity contribution in [2.24, 2.45) is 5.92 Å². The van der Waals surface area contributed by atoms with Crippen molar-refractivity contribution in [2.45, 2.75) is 51.1 Å². The molecule has 112 valence electrons. The van der Waals surface area contributed by atoms with Crippen LogP contribution in [0, 0.1) is 17.8 Å². The Hall–Kier alpha value is -1.30. The van der Waals surface area contributed by atoms with E-state index in [0.717, 1.165) is 24.1 Å². The molecule has 2 nitrogen and oxygen atoms in total. The lowest BCUT2D eigenvalue weighted by Crippen LogP contribution is -2.41. The summed E-state index contributed by atoms with van der Waals surface area (Å²) >= 11 is 0. The molecule has 1 saturated carbocycles. The summed E-state index contributed by atoms with van der Waals surface area (Å²) in [4.78, 5) is 2.70. The first-order chi connectivity index (χ1) is 10.4. The summed E-state index contributed by atoms with van der Waals surface area (Å²) in [6.45, 7) is 2.46. The Morgan fingerprint density at radius 3 is 3.00 bits per heavy atom. The van der Waals surface area contributed by atoms with Crippen LogP contribution in [0.5, 0.6) is 0 Å². The highest BCUT2D eigenvalue weighted by molar-refractivity contribution is 5.37. The molecule has 0 aromatic heterocycles. The highest BCUT2D eigenvalue weighted by Gasteiger charge is 2.34. The summed E-state index contributed by atoms with van der Waals surface area (Å²) in [5, 5.41) is 8.79. The van der Waals surface area contributed by atoms with Gasteiger partial charge in [0.15, 0.2) is 0 Å². The van der Waals surface area contributed by atoms with Gasteiger partial charge < -0.3 is 5.11 Å². The molecule has 1 N–H and O–H groups in total. The maximum absolute atomic E-state index is 8.79. The van der Waals surface area contributed by atoms with Crippen LogP contribution in [0.2, 0.25) is 0 Å². The Bertz CT molecular complexity index is 528. The molecule has 21 heavy (non-hydrogen) atoms. The minimum atomic E-state index is 0.142. The van der Waals surface area contributed by atoms with Crippen LogP contribution in [0.15, 0.2) is 24.3 Å². The van der Waals surface area contributed by atoms with Gasteiger partial charge in [-0.25, -0.2) is 0 Å². The van der Waals surface area contributed by atoms with Crippen LogP contribution >= 0.6 is 0 Å². The van der Waals surface area contributed by atoms with Crippen molar-refractivity contribution >= 4 is 0 Å². The monoisotopic (exact) mass is 283 g/mol. The van der Waals surface area contributed by atoms with E-state index in [1.54, 1.807) is 0 Å². The van der Waals surface area contributed by atoms with Gasteiger partial charge in [-0.2, -0.15) is 0 Å². The molecular formula is C19H25NO. The fraction of sp³-hybridized carbons (Fsp3) is 0.579. The van der Waals surface area contributed by atoms with E-state index in [1.165, 1.54) is 44.2 Å². The molecule has 2 atom stereocenters. The van der Waals surface area contributed by atoms with E-state index in [0.29, 0.717) is 6.42 Å². The van der Waals surface area contributed by atoms with E-state index in [9.17, 15) is 0 Å². The third kappa shape index (κ3) is 3.67. The first-order valence-electron chi connectivity index (χ1n) is 8.29. The number of benzene rings is 1. The van der Waals surface area contributed by atoms with Crippen molar-refractivity contribution in [3.63, 3.8) is 0 Å². The third-order valence-electron chi connectivity index (χ3n) is 4.89. The number of nitrogens with zero attached hydrogens (tertiary/aromatic N) is 1. The number of hydrogen-bond donors (Lipinski definition) is 1. The van der Waals surface area contributed by atoms with E-state index < -0.39 is 0 Å². The average Bonchev–Trinajstić information content (AvgIpc) is 2.98. The topological polar surface area (TPSA) is 23.5 Å². The molecule has 0 spiro atoms. The second kappa shape index (κ2) is 7.11. The Balaban J connectivity index is 1.67. The van der Waals surface area contributed by atoms with E-state index in [-0.39, 0.29) is 6.61 Å². The molecule has 1 aliphatic carbocycles. The summed E-state index contributed by atoms with van der Waals surface area (Å²) in [7, 11) is 0. The number of fused-ring (bicyclic) bond motifs is 1. The van der Waals surface area contributed by atoms with Gasteiger partial charge >= 0.3 is 0 Å². The number of aliphatic hydroxyl groups is 1. The van der Waals surface area contributed by atoms with Crippen molar-refractivity contribution in [2.75, 3.05) is 13.2 Å². The molecule has 1 aromatic rings. The predicted octanol–water partition coefficient (Wildman–Crippen LogP) is 3.19. The van der Waals surface area contributed by atoms with Crippen LogP contribution in [-0.4, -0.2) is 29.2 Å². The van der Waals surface area contributed by atoms with Gasteiger partial charge in [-0.15, -0.1) is 0 Å². The highest BCUT2D eigenvalue weighted by Crippen LogP contribution is 2.37. The normalized spacial score (nSPS) is 25.2. The van der Waals surface area contributed by atoms with Gasteiger partial charge in [-0.05, 0) is 55.8 Å². The largest absolute Gasteiger partial charge is 0.395 e. The Kier molecular flexibility index (Phi) is 4.95. The molecule has 0 bridgehead atoms. The van der Waals surface area contributed by atoms with Crippen LogP contribution < -0.4 is 0 Å². The van der Waals surface area contributed by atoms with Crippen LogP contribution in [0.1, 0.15) is 49.7 Å². The van der Waals surface area contributed by atoms with E-state index in [4.69, 9.17) is 5.11 Å². The summed E-state index contributed by atoms with van der Waals surface area (Å²) in [6, 6.07) is 9.41. The maximum Gasteiger partial charge on any atom is 0.0540 e. The first-order valence-corrected chi connectivity index (χ1v) is 8.29. The van der Waals surface area contributed by atoms with Crippen molar-refractivity contribution in [1.82, 2.24) is 4.90 Å². The Labute approximate surface area is 128 Å². The van der Waals surface area contributed by atoms with Gasteiger partial charge in [0, 0.05) is 24.6 Å². The van der Waals surface area contributed by atoms with Crippen LogP contribution in [0.3, 0.4) is 0 Å². The van der Waals surface area contributed by atoms with Crippen molar-refractivity contribution in [1.29, 1.82) is 0 Å². The molecule has 1 aromatic carbocycles. The molecule has 1 heterocycles. The van der Waals surface area contributed by atoms with Crippen molar-refractivity contribution in [3.05, 3.63) is 35.4 Å². The molecule has 3 rings (SSSR count). The second-order valence-corrected chi connectivity index (χ2v) is 6.35. The smallest absolute Gasteiger partial charge is 0.0540 e. The second-order valence-electron chi connectivity index (χ2n) is 6.35. The number of aliphatic hydroxyl groups excluding tert-OH is 1. The molecule has 1 aliphatic heterocycles.